The fourth-order valence-electron chi connectivity index (χ4n) is 2.42. The van der Waals surface area contributed by atoms with E-state index < -0.39 is 0 Å². The fourth-order valence-corrected chi connectivity index (χ4v) is 2.42. The predicted octanol–water partition coefficient (Wildman–Crippen LogP) is 3.12. The Kier molecular flexibility index (Phi) is 4.52. The van der Waals surface area contributed by atoms with Crippen molar-refractivity contribution in [3.8, 4) is 0 Å². The lowest BCUT2D eigenvalue weighted by atomic mass is 10.1. The average molecular weight is 319 g/mol. The number of nitrogens with one attached hydrogen (secondary N) is 2. The number of aromatic nitrogens is 1. The number of hydrogen-bond acceptors (Lipinski definition) is 3. The van der Waals surface area contributed by atoms with Gasteiger partial charge in [0.25, 0.3) is 5.91 Å². The highest BCUT2D eigenvalue weighted by Gasteiger charge is 2.07. The summed E-state index contributed by atoms with van der Waals surface area (Å²) in [5.41, 5.74) is 2.78. The van der Waals surface area contributed by atoms with Crippen molar-refractivity contribution < 1.29 is 9.59 Å². The van der Waals surface area contributed by atoms with Crippen molar-refractivity contribution >= 4 is 28.4 Å². The van der Waals surface area contributed by atoms with Gasteiger partial charge in [-0.05, 0) is 30.3 Å². The summed E-state index contributed by atoms with van der Waals surface area (Å²) in [5, 5.41) is 6.57. The molecule has 0 radical (unpaired) electrons. The number of rotatable bonds is 4. The van der Waals surface area contributed by atoms with Crippen molar-refractivity contribution in [1.82, 2.24) is 10.3 Å². The van der Waals surface area contributed by atoms with Crippen LogP contribution in [0.4, 0.5) is 5.69 Å². The third kappa shape index (κ3) is 3.76. The Morgan fingerprint density at radius 1 is 1.00 bits per heavy atom. The van der Waals surface area contributed by atoms with E-state index in [0.29, 0.717) is 17.8 Å². The van der Waals surface area contributed by atoms with Crippen molar-refractivity contribution in [1.29, 1.82) is 0 Å². The average Bonchev–Trinajstić information content (AvgIpc) is 2.59. The molecule has 0 saturated heterocycles. The van der Waals surface area contributed by atoms with E-state index in [0.717, 1.165) is 16.6 Å². The Bertz CT molecular complexity index is 906. The maximum Gasteiger partial charge on any atom is 0.251 e. The van der Waals surface area contributed by atoms with Crippen LogP contribution in [0.25, 0.3) is 10.9 Å². The molecule has 0 spiro atoms. The molecule has 0 saturated carbocycles. The third-order valence-electron chi connectivity index (χ3n) is 3.53. The monoisotopic (exact) mass is 319 g/mol. The number of pyridine rings is 1. The van der Waals surface area contributed by atoms with E-state index in [4.69, 9.17) is 0 Å². The van der Waals surface area contributed by atoms with Crippen LogP contribution in [-0.4, -0.2) is 16.8 Å². The lowest BCUT2D eigenvalue weighted by Gasteiger charge is -2.08. The lowest BCUT2D eigenvalue weighted by Crippen LogP contribution is -2.23. The predicted molar refractivity (Wildman–Crippen MR) is 93.7 cm³/mol. The van der Waals surface area contributed by atoms with Gasteiger partial charge in [0.2, 0.25) is 5.91 Å². The van der Waals surface area contributed by atoms with Crippen molar-refractivity contribution in [2.24, 2.45) is 0 Å². The molecule has 2 aromatic carbocycles. The molecule has 24 heavy (non-hydrogen) atoms. The highest BCUT2D eigenvalue weighted by Crippen LogP contribution is 2.13. The fraction of sp³-hybridized carbons (Fsp3) is 0.105. The van der Waals surface area contributed by atoms with Gasteiger partial charge < -0.3 is 10.6 Å². The quantitative estimate of drug-likeness (QED) is 0.776. The summed E-state index contributed by atoms with van der Waals surface area (Å²) >= 11 is 0. The molecule has 0 fully saturated rings. The highest BCUT2D eigenvalue weighted by atomic mass is 16.2. The van der Waals surface area contributed by atoms with E-state index in [9.17, 15) is 9.59 Å². The first-order valence-electron chi connectivity index (χ1n) is 7.62. The van der Waals surface area contributed by atoms with E-state index in [1.54, 1.807) is 24.3 Å². The highest BCUT2D eigenvalue weighted by molar-refractivity contribution is 5.96. The van der Waals surface area contributed by atoms with Crippen molar-refractivity contribution in [2.75, 3.05) is 5.32 Å². The number of anilines is 1. The zero-order valence-electron chi connectivity index (χ0n) is 13.2. The molecule has 2 amide bonds. The van der Waals surface area contributed by atoms with Crippen LogP contribution in [0.15, 0.2) is 60.7 Å². The van der Waals surface area contributed by atoms with Crippen LogP contribution < -0.4 is 10.6 Å². The molecule has 0 unspecified atom stereocenters. The summed E-state index contributed by atoms with van der Waals surface area (Å²) in [6, 6.07) is 18.5. The SMILES string of the molecule is CC(=O)Nc1cccc(C(=O)NCc2ccc3ccccc3n2)c1. The standard InChI is InChI=1S/C19H17N3O2/c1-13(23)21-16-7-4-6-15(11-16)19(24)20-12-17-10-9-14-5-2-3-8-18(14)22-17/h2-11H,12H2,1H3,(H,20,24)(H,21,23). The second-order valence-corrected chi connectivity index (χ2v) is 5.44. The summed E-state index contributed by atoms with van der Waals surface area (Å²) in [7, 11) is 0. The summed E-state index contributed by atoms with van der Waals surface area (Å²) in [6.07, 6.45) is 0. The Labute approximate surface area is 139 Å². The molecule has 0 aliphatic heterocycles. The Morgan fingerprint density at radius 3 is 2.67 bits per heavy atom. The largest absolute Gasteiger partial charge is 0.346 e. The van der Waals surface area contributed by atoms with Crippen molar-refractivity contribution in [2.45, 2.75) is 13.5 Å². The maximum atomic E-state index is 12.3. The van der Waals surface area contributed by atoms with E-state index >= 15 is 0 Å². The molecule has 0 atom stereocenters. The molecule has 0 bridgehead atoms. The van der Waals surface area contributed by atoms with E-state index in [1.807, 2.05) is 36.4 Å². The first-order valence-corrected chi connectivity index (χ1v) is 7.62. The molecule has 5 nitrogen and oxygen atoms in total. The minimum absolute atomic E-state index is 0.173. The molecule has 1 aromatic heterocycles. The summed E-state index contributed by atoms with van der Waals surface area (Å²) in [6.45, 7) is 1.77. The second kappa shape index (κ2) is 6.91. The molecule has 0 aliphatic rings. The Balaban J connectivity index is 1.69. The molecule has 0 aliphatic carbocycles. The smallest absolute Gasteiger partial charge is 0.251 e. The van der Waals surface area contributed by atoms with E-state index in [-0.39, 0.29) is 11.8 Å². The van der Waals surface area contributed by atoms with Crippen molar-refractivity contribution in [3.63, 3.8) is 0 Å². The molecule has 5 heteroatoms. The molecule has 2 N–H and O–H groups in total. The van der Waals surface area contributed by atoms with Gasteiger partial charge in [-0.25, -0.2) is 0 Å². The van der Waals surface area contributed by atoms with Crippen LogP contribution in [0, 0.1) is 0 Å². The van der Waals surface area contributed by atoms with Gasteiger partial charge in [0.15, 0.2) is 0 Å². The van der Waals surface area contributed by atoms with Gasteiger partial charge in [0.05, 0.1) is 17.8 Å². The molecule has 120 valence electrons. The number of nitrogens with zero attached hydrogens (tertiary/aromatic N) is 1. The normalized spacial score (nSPS) is 10.4. The van der Waals surface area contributed by atoms with Gasteiger partial charge in [-0.15, -0.1) is 0 Å². The number of para-hydroxylation sites is 1. The number of carbonyl (C=O) groups is 2. The molecule has 3 aromatic rings. The van der Waals surface area contributed by atoms with Crippen LogP contribution in [0.1, 0.15) is 23.0 Å². The van der Waals surface area contributed by atoms with Gasteiger partial charge in [0.1, 0.15) is 0 Å². The molecular weight excluding hydrogens is 302 g/mol. The third-order valence-corrected chi connectivity index (χ3v) is 3.53. The first kappa shape index (κ1) is 15.7. The number of amides is 2. The van der Waals surface area contributed by atoms with Gasteiger partial charge in [0, 0.05) is 23.6 Å². The maximum absolute atomic E-state index is 12.3. The van der Waals surface area contributed by atoms with E-state index in [1.165, 1.54) is 6.92 Å². The van der Waals surface area contributed by atoms with Crippen LogP contribution >= 0.6 is 0 Å². The zero-order chi connectivity index (χ0) is 16.9. The Hall–Kier alpha value is -3.21. The summed E-state index contributed by atoms with van der Waals surface area (Å²) in [4.78, 5) is 27.9. The van der Waals surface area contributed by atoms with Crippen LogP contribution in [-0.2, 0) is 11.3 Å². The van der Waals surface area contributed by atoms with Crippen LogP contribution in [0.5, 0.6) is 0 Å². The number of benzene rings is 2. The summed E-state index contributed by atoms with van der Waals surface area (Å²) < 4.78 is 0. The molecule has 1 heterocycles. The lowest BCUT2D eigenvalue weighted by molar-refractivity contribution is -0.114. The van der Waals surface area contributed by atoms with Crippen molar-refractivity contribution in [3.05, 3.63) is 71.9 Å². The number of hydrogen-bond donors (Lipinski definition) is 2. The van der Waals surface area contributed by atoms with Gasteiger partial charge >= 0.3 is 0 Å². The van der Waals surface area contributed by atoms with Crippen LogP contribution in [0.2, 0.25) is 0 Å². The molecular formula is C19H17N3O2. The Morgan fingerprint density at radius 2 is 1.83 bits per heavy atom. The second-order valence-electron chi connectivity index (χ2n) is 5.44. The minimum Gasteiger partial charge on any atom is -0.346 e. The zero-order valence-corrected chi connectivity index (χ0v) is 13.2. The minimum atomic E-state index is -0.211. The van der Waals surface area contributed by atoms with Gasteiger partial charge in [-0.2, -0.15) is 0 Å². The van der Waals surface area contributed by atoms with E-state index in [2.05, 4.69) is 15.6 Å². The summed E-state index contributed by atoms with van der Waals surface area (Å²) in [5.74, 6) is -0.384. The molecule has 3 rings (SSSR count). The first-order chi connectivity index (χ1) is 11.6. The number of fused-ring (bicyclic) bond motifs is 1. The van der Waals surface area contributed by atoms with Gasteiger partial charge in [-0.1, -0.05) is 30.3 Å². The number of carbonyl (C=O) groups excluding carboxylic acids is 2. The van der Waals surface area contributed by atoms with Crippen LogP contribution in [0.3, 0.4) is 0 Å². The topological polar surface area (TPSA) is 71.1 Å². The van der Waals surface area contributed by atoms with Gasteiger partial charge in [-0.3, -0.25) is 14.6 Å².